The molecule has 0 saturated heterocycles. The van der Waals surface area contributed by atoms with Crippen molar-refractivity contribution in [3.05, 3.63) is 75.5 Å². The summed E-state index contributed by atoms with van der Waals surface area (Å²) in [5.74, 6) is -1.15. The molecule has 0 aliphatic heterocycles. The molecule has 2 aromatic rings. The standard InChI is InChI=1S/C16H11Cl2FN2O2/c17-11-4-7-13(14(18)9-11)16(20)21-23-15(22)8-3-10-1-5-12(19)6-2-10/h1-9H,(H2,20,21)/b8-3+. The van der Waals surface area contributed by atoms with Gasteiger partial charge in [-0.1, -0.05) is 40.5 Å². The molecule has 2 N–H and O–H groups in total. The predicted octanol–water partition coefficient (Wildman–Crippen LogP) is 4.01. The Morgan fingerprint density at radius 2 is 1.87 bits per heavy atom. The number of carbonyl (C=O) groups excluding carboxylic acids is 1. The van der Waals surface area contributed by atoms with E-state index in [0.717, 1.165) is 6.08 Å². The summed E-state index contributed by atoms with van der Waals surface area (Å²) < 4.78 is 12.7. The number of rotatable bonds is 4. The van der Waals surface area contributed by atoms with Crippen LogP contribution in [0.5, 0.6) is 0 Å². The second-order valence-electron chi connectivity index (χ2n) is 4.40. The summed E-state index contributed by atoms with van der Waals surface area (Å²) in [6.45, 7) is 0. The molecule has 0 spiro atoms. The lowest BCUT2D eigenvalue weighted by Crippen LogP contribution is -2.15. The molecule has 0 fully saturated rings. The Labute approximate surface area is 141 Å². The van der Waals surface area contributed by atoms with E-state index in [2.05, 4.69) is 9.99 Å². The first-order valence-corrected chi connectivity index (χ1v) is 7.15. The normalized spacial score (nSPS) is 11.7. The van der Waals surface area contributed by atoms with E-state index in [1.807, 2.05) is 0 Å². The lowest BCUT2D eigenvalue weighted by molar-refractivity contribution is -0.137. The number of benzene rings is 2. The molecule has 0 aliphatic rings. The van der Waals surface area contributed by atoms with Gasteiger partial charge in [0.2, 0.25) is 0 Å². The lowest BCUT2D eigenvalue weighted by atomic mass is 10.2. The van der Waals surface area contributed by atoms with E-state index in [1.165, 1.54) is 36.4 Å². The Hall–Kier alpha value is -2.37. The van der Waals surface area contributed by atoms with Crippen LogP contribution in [0.4, 0.5) is 4.39 Å². The van der Waals surface area contributed by atoms with Crippen LogP contribution in [0.15, 0.2) is 53.7 Å². The Balaban J connectivity index is 2.01. The molecule has 0 radical (unpaired) electrons. The molecule has 4 nitrogen and oxygen atoms in total. The van der Waals surface area contributed by atoms with Crippen molar-refractivity contribution in [3.8, 4) is 0 Å². The van der Waals surface area contributed by atoms with Crippen LogP contribution in [-0.2, 0) is 9.63 Å². The van der Waals surface area contributed by atoms with Gasteiger partial charge in [-0.2, -0.15) is 0 Å². The predicted molar refractivity (Wildman–Crippen MR) is 88.7 cm³/mol. The number of halogens is 3. The topological polar surface area (TPSA) is 64.7 Å². The molecule has 0 amide bonds. The van der Waals surface area contributed by atoms with Gasteiger partial charge in [0.15, 0.2) is 5.84 Å². The maximum absolute atomic E-state index is 12.7. The molecular formula is C16H11Cl2FN2O2. The van der Waals surface area contributed by atoms with Crippen molar-refractivity contribution < 1.29 is 14.0 Å². The first kappa shape index (κ1) is 17.0. The van der Waals surface area contributed by atoms with Crippen molar-refractivity contribution >= 4 is 41.1 Å². The number of nitrogens with zero attached hydrogens (tertiary/aromatic N) is 1. The lowest BCUT2D eigenvalue weighted by Gasteiger charge is -2.03. The molecule has 0 heterocycles. The molecule has 118 valence electrons. The molecule has 0 bridgehead atoms. The molecule has 2 rings (SSSR count). The van der Waals surface area contributed by atoms with E-state index in [4.69, 9.17) is 28.9 Å². The zero-order valence-corrected chi connectivity index (χ0v) is 13.2. The summed E-state index contributed by atoms with van der Waals surface area (Å²) in [6, 6.07) is 10.2. The van der Waals surface area contributed by atoms with Crippen LogP contribution < -0.4 is 5.73 Å². The maximum Gasteiger partial charge on any atom is 0.358 e. The largest absolute Gasteiger partial charge is 0.380 e. The van der Waals surface area contributed by atoms with Crippen LogP contribution in [0, 0.1) is 5.82 Å². The van der Waals surface area contributed by atoms with E-state index in [9.17, 15) is 9.18 Å². The van der Waals surface area contributed by atoms with Crippen molar-refractivity contribution in [3.63, 3.8) is 0 Å². The van der Waals surface area contributed by atoms with Crippen molar-refractivity contribution in [2.45, 2.75) is 0 Å². The van der Waals surface area contributed by atoms with Gasteiger partial charge in [0.05, 0.1) is 5.02 Å². The Kier molecular flexibility index (Phi) is 5.73. The fourth-order valence-electron chi connectivity index (χ4n) is 1.61. The minimum absolute atomic E-state index is 0.0600. The Morgan fingerprint density at radius 3 is 2.52 bits per heavy atom. The van der Waals surface area contributed by atoms with Crippen LogP contribution >= 0.6 is 23.2 Å². The highest BCUT2D eigenvalue weighted by atomic mass is 35.5. The van der Waals surface area contributed by atoms with Gasteiger partial charge in [-0.05, 0) is 42.0 Å². The number of nitrogens with two attached hydrogens (primary N) is 1. The van der Waals surface area contributed by atoms with Crippen LogP contribution in [0.2, 0.25) is 10.0 Å². The summed E-state index contributed by atoms with van der Waals surface area (Å²) in [5, 5.41) is 4.26. The highest BCUT2D eigenvalue weighted by Gasteiger charge is 2.07. The van der Waals surface area contributed by atoms with Gasteiger partial charge in [-0.15, -0.1) is 0 Å². The number of oxime groups is 1. The summed E-state index contributed by atoms with van der Waals surface area (Å²) in [4.78, 5) is 16.2. The van der Waals surface area contributed by atoms with Crippen molar-refractivity contribution in [2.75, 3.05) is 0 Å². The Bertz CT molecular complexity index is 774. The second kappa shape index (κ2) is 7.76. The zero-order chi connectivity index (χ0) is 16.8. The molecule has 23 heavy (non-hydrogen) atoms. The molecule has 7 heteroatoms. The van der Waals surface area contributed by atoms with Crippen LogP contribution in [0.1, 0.15) is 11.1 Å². The van der Waals surface area contributed by atoms with Gasteiger partial charge in [0, 0.05) is 16.7 Å². The highest BCUT2D eigenvalue weighted by molar-refractivity contribution is 6.36. The molecule has 0 unspecified atom stereocenters. The summed E-state index contributed by atoms with van der Waals surface area (Å²) in [7, 11) is 0. The molecular weight excluding hydrogens is 342 g/mol. The van der Waals surface area contributed by atoms with E-state index in [-0.39, 0.29) is 16.7 Å². The number of hydrogen-bond acceptors (Lipinski definition) is 3. The SMILES string of the molecule is N/C(=N\OC(=O)/C=C/c1ccc(F)cc1)c1ccc(Cl)cc1Cl. The minimum Gasteiger partial charge on any atom is -0.380 e. The van der Waals surface area contributed by atoms with Crippen molar-refractivity contribution in [1.29, 1.82) is 0 Å². The van der Waals surface area contributed by atoms with Gasteiger partial charge in [0.25, 0.3) is 0 Å². The average molecular weight is 353 g/mol. The van der Waals surface area contributed by atoms with E-state index < -0.39 is 5.97 Å². The fourth-order valence-corrected chi connectivity index (χ4v) is 2.11. The number of hydrogen-bond donors (Lipinski definition) is 1. The third kappa shape index (κ3) is 5.09. The third-order valence-electron chi connectivity index (χ3n) is 2.72. The molecule has 0 aromatic heterocycles. The Morgan fingerprint density at radius 1 is 1.17 bits per heavy atom. The zero-order valence-electron chi connectivity index (χ0n) is 11.7. The molecule has 0 atom stereocenters. The van der Waals surface area contributed by atoms with Crippen LogP contribution in [-0.4, -0.2) is 11.8 Å². The fraction of sp³-hybridized carbons (Fsp3) is 0. The van der Waals surface area contributed by atoms with E-state index >= 15 is 0 Å². The molecule has 2 aromatic carbocycles. The summed E-state index contributed by atoms with van der Waals surface area (Å²) in [6.07, 6.45) is 2.61. The van der Waals surface area contributed by atoms with Gasteiger partial charge < -0.3 is 10.6 Å². The van der Waals surface area contributed by atoms with Crippen molar-refractivity contribution in [2.24, 2.45) is 10.9 Å². The van der Waals surface area contributed by atoms with E-state index in [0.29, 0.717) is 16.1 Å². The van der Waals surface area contributed by atoms with Gasteiger partial charge in [-0.3, -0.25) is 0 Å². The van der Waals surface area contributed by atoms with E-state index in [1.54, 1.807) is 12.1 Å². The average Bonchev–Trinajstić information content (AvgIpc) is 2.52. The maximum atomic E-state index is 12.7. The van der Waals surface area contributed by atoms with Crippen LogP contribution in [0.3, 0.4) is 0 Å². The first-order valence-electron chi connectivity index (χ1n) is 6.39. The van der Waals surface area contributed by atoms with Crippen molar-refractivity contribution in [1.82, 2.24) is 0 Å². The molecule has 0 aliphatic carbocycles. The second-order valence-corrected chi connectivity index (χ2v) is 5.24. The van der Waals surface area contributed by atoms with Gasteiger partial charge in [0.1, 0.15) is 5.82 Å². The first-order chi connectivity index (χ1) is 11.0. The number of carbonyl (C=O) groups is 1. The summed E-state index contributed by atoms with van der Waals surface area (Å²) in [5.41, 5.74) is 6.73. The highest BCUT2D eigenvalue weighted by Crippen LogP contribution is 2.20. The molecule has 0 saturated carbocycles. The number of amidine groups is 1. The van der Waals surface area contributed by atoms with Gasteiger partial charge >= 0.3 is 5.97 Å². The van der Waals surface area contributed by atoms with Crippen LogP contribution in [0.25, 0.3) is 6.08 Å². The quantitative estimate of drug-likeness (QED) is 0.297. The summed E-state index contributed by atoms with van der Waals surface area (Å²) >= 11 is 11.7. The minimum atomic E-state index is -0.734. The third-order valence-corrected chi connectivity index (χ3v) is 3.27. The smallest absolute Gasteiger partial charge is 0.358 e. The monoisotopic (exact) mass is 352 g/mol. The van der Waals surface area contributed by atoms with Gasteiger partial charge in [-0.25, -0.2) is 9.18 Å².